The van der Waals surface area contributed by atoms with Gasteiger partial charge in [0, 0.05) is 24.2 Å². The number of rotatable bonds is 3. The van der Waals surface area contributed by atoms with Crippen molar-refractivity contribution >= 4 is 37.6 Å². The van der Waals surface area contributed by atoms with Crippen LogP contribution in [0.15, 0.2) is 34.1 Å². The van der Waals surface area contributed by atoms with E-state index in [-0.39, 0.29) is 0 Å². The molecule has 1 saturated carbocycles. The number of hydrogen-bond acceptors (Lipinski definition) is 3. The van der Waals surface area contributed by atoms with Crippen LogP contribution in [-0.2, 0) is 26.8 Å². The van der Waals surface area contributed by atoms with Gasteiger partial charge in [0.1, 0.15) is 0 Å². The third-order valence-electron chi connectivity index (χ3n) is 4.63. The van der Waals surface area contributed by atoms with Gasteiger partial charge in [0.15, 0.2) is 0 Å². The molecule has 0 spiro atoms. The standard InChI is InChI=1S/C17H25N4S.BrH.Cu/c22-17(21-12-6-7-13-21)20-19-16(14-8-2-1-3-9-14)15-10-4-5-11-18-15;;/h4-5,10,14H,1-3,6-9,11-13H2,(H,20,22);1H;/q-1;;+1/p-2. The van der Waals surface area contributed by atoms with Crippen molar-refractivity contribution in [2.24, 2.45) is 16.1 Å². The number of halogens is 1. The molecular formula is C17H24BrCuN4S-2. The van der Waals surface area contributed by atoms with E-state index in [0.717, 1.165) is 31.0 Å². The molecule has 138 valence electrons. The molecule has 0 unspecified atom stereocenters. The number of amidine groups is 1. The zero-order valence-corrected chi connectivity index (χ0v) is 17.1. The second-order valence-electron chi connectivity index (χ2n) is 6.22. The van der Waals surface area contributed by atoms with Crippen molar-refractivity contribution in [2.45, 2.75) is 44.9 Å². The maximum absolute atomic E-state index is 5.42. The van der Waals surface area contributed by atoms with Crippen molar-refractivity contribution in [3.63, 3.8) is 0 Å². The van der Waals surface area contributed by atoms with E-state index in [1.165, 1.54) is 44.9 Å². The van der Waals surface area contributed by atoms with Gasteiger partial charge in [-0.1, -0.05) is 31.4 Å². The van der Waals surface area contributed by atoms with E-state index >= 15 is 0 Å². The minimum atomic E-state index is 0.486. The van der Waals surface area contributed by atoms with Crippen molar-refractivity contribution in [3.05, 3.63) is 29.2 Å². The molecular weight excluding hydrogens is 436 g/mol. The Balaban J connectivity index is 0.00000100. The first-order valence-electron chi connectivity index (χ1n) is 8.58. The summed E-state index contributed by atoms with van der Waals surface area (Å²) in [4.78, 5) is 2.16. The van der Waals surface area contributed by atoms with Gasteiger partial charge in [-0.2, -0.15) is 10.2 Å². The molecule has 0 bridgehead atoms. The van der Waals surface area contributed by atoms with Crippen molar-refractivity contribution in [2.75, 3.05) is 19.6 Å². The van der Waals surface area contributed by atoms with Gasteiger partial charge in [0.05, 0.1) is 5.71 Å². The predicted octanol–water partition coefficient (Wildman–Crippen LogP) is 4.59. The molecule has 3 aliphatic rings. The Morgan fingerprint density at radius 3 is 2.46 bits per heavy atom. The first-order valence-corrected chi connectivity index (χ1v) is 11.3. The van der Waals surface area contributed by atoms with Gasteiger partial charge >= 0.3 is 28.3 Å². The van der Waals surface area contributed by atoms with Crippen molar-refractivity contribution in [1.29, 1.82) is 0 Å². The largest absolute Gasteiger partial charge is 0.741 e. The van der Waals surface area contributed by atoms with Gasteiger partial charge in [-0.25, -0.2) is 0 Å². The molecule has 0 aromatic heterocycles. The summed E-state index contributed by atoms with van der Waals surface area (Å²) in [6.07, 6.45) is 14.9. The van der Waals surface area contributed by atoms with E-state index in [4.69, 9.17) is 12.6 Å². The third-order valence-corrected chi connectivity index (χ3v) is 4.97. The van der Waals surface area contributed by atoms with Crippen LogP contribution in [0.5, 0.6) is 0 Å². The Labute approximate surface area is 166 Å². The maximum Gasteiger partial charge on any atom is 0.0513 e. The van der Waals surface area contributed by atoms with Crippen LogP contribution in [0.25, 0.3) is 5.32 Å². The second-order valence-corrected chi connectivity index (χ2v) is 6.58. The minimum absolute atomic E-state index is 0.486. The summed E-state index contributed by atoms with van der Waals surface area (Å²) in [7, 11) is 0. The summed E-state index contributed by atoms with van der Waals surface area (Å²) in [5, 5.41) is 14.2. The van der Waals surface area contributed by atoms with Crippen LogP contribution in [-0.4, -0.2) is 35.4 Å². The zero-order valence-electron chi connectivity index (χ0n) is 13.8. The number of likely N-dealkylation sites (tertiary alicyclic amines) is 1. The Hall–Kier alpha value is -0.361. The first-order chi connectivity index (χ1) is 11.8. The second kappa shape index (κ2) is 11.3. The van der Waals surface area contributed by atoms with Crippen LogP contribution in [0.2, 0.25) is 0 Å². The molecule has 1 aliphatic carbocycles. The smallest absolute Gasteiger partial charge is 0.0513 e. The molecule has 0 amide bonds. The fraction of sp³-hybridized carbons (Fsp3) is 0.647. The fourth-order valence-corrected chi connectivity index (χ4v) is 3.60. The molecule has 0 aromatic carbocycles. The topological polar surface area (TPSA) is 42.1 Å². The van der Waals surface area contributed by atoms with Crippen LogP contribution in [0.4, 0.5) is 0 Å². The number of hydrogen-bond donors (Lipinski definition) is 0. The van der Waals surface area contributed by atoms with Crippen LogP contribution >= 0.6 is 14.1 Å². The Bertz CT molecular complexity index is 507. The van der Waals surface area contributed by atoms with E-state index in [2.05, 4.69) is 67.0 Å². The number of allylic oxidation sites excluding steroid dienone is 3. The number of nitrogens with zero attached hydrogens (tertiary/aromatic N) is 4. The van der Waals surface area contributed by atoms with Crippen molar-refractivity contribution in [3.8, 4) is 0 Å². The normalized spacial score (nSPS) is 22.6. The van der Waals surface area contributed by atoms with Crippen LogP contribution in [0.1, 0.15) is 44.9 Å². The minimum Gasteiger partial charge on any atom is -0.741 e. The molecule has 7 heteroatoms. The van der Waals surface area contributed by atoms with Gasteiger partial charge in [0.2, 0.25) is 0 Å². The molecule has 0 radical (unpaired) electrons. The van der Waals surface area contributed by atoms with Gasteiger partial charge in [-0.15, -0.1) is 18.3 Å². The molecule has 3 rings (SSSR count). The Morgan fingerprint density at radius 2 is 1.83 bits per heavy atom. The third kappa shape index (κ3) is 5.87. The summed E-state index contributed by atoms with van der Waals surface area (Å²) in [6, 6.07) is 0. The molecule has 2 aliphatic heterocycles. The van der Waals surface area contributed by atoms with Crippen LogP contribution in [0, 0.1) is 5.92 Å². The van der Waals surface area contributed by atoms with E-state index in [1.807, 2.05) is 0 Å². The van der Waals surface area contributed by atoms with Crippen molar-refractivity contribution < 1.29 is 14.2 Å². The maximum atomic E-state index is 5.42. The molecule has 0 aromatic rings. The SMILES string of the molecule is [Cu][Br].[S-]C(=NN=C(C1=CC=CC[N-]1)C1CCCCC1)N1CCCC1. The fourth-order valence-electron chi connectivity index (χ4n) is 3.38. The molecule has 24 heavy (non-hydrogen) atoms. The summed E-state index contributed by atoms with van der Waals surface area (Å²) in [5.41, 5.74) is 2.05. The van der Waals surface area contributed by atoms with E-state index in [1.54, 1.807) is 0 Å². The van der Waals surface area contributed by atoms with Gasteiger partial charge in [0.25, 0.3) is 0 Å². The van der Waals surface area contributed by atoms with Crippen molar-refractivity contribution in [1.82, 2.24) is 4.90 Å². The van der Waals surface area contributed by atoms with Gasteiger partial charge < -0.3 is 22.8 Å². The summed E-state index contributed by atoms with van der Waals surface area (Å²) < 4.78 is 0. The average molecular weight is 460 g/mol. The predicted molar refractivity (Wildman–Crippen MR) is 104 cm³/mol. The van der Waals surface area contributed by atoms with Gasteiger partial charge in [-0.05, 0) is 25.7 Å². The summed E-state index contributed by atoms with van der Waals surface area (Å²) in [6.45, 7) is 2.78. The van der Waals surface area contributed by atoms with Crippen LogP contribution in [0.3, 0.4) is 0 Å². The van der Waals surface area contributed by atoms with E-state index in [0.29, 0.717) is 11.1 Å². The molecule has 1 saturated heterocycles. The molecule has 0 N–H and O–H groups in total. The van der Waals surface area contributed by atoms with E-state index < -0.39 is 0 Å². The first kappa shape index (κ1) is 20.0. The Morgan fingerprint density at radius 1 is 1.12 bits per heavy atom. The average Bonchev–Trinajstić information content (AvgIpc) is 3.20. The Kier molecular flexibility index (Phi) is 9.39. The molecule has 0 atom stereocenters. The molecule has 4 nitrogen and oxygen atoms in total. The molecule has 2 fully saturated rings. The quantitative estimate of drug-likeness (QED) is 0.204. The van der Waals surface area contributed by atoms with Crippen LogP contribution < -0.4 is 0 Å². The van der Waals surface area contributed by atoms with E-state index in [9.17, 15) is 0 Å². The zero-order chi connectivity index (χ0) is 17.2. The molecule has 2 heterocycles. The van der Waals surface area contributed by atoms with Gasteiger partial charge in [-0.3, -0.25) is 0 Å². The summed E-state index contributed by atoms with van der Waals surface area (Å²) >= 11 is 11.9. The summed E-state index contributed by atoms with van der Waals surface area (Å²) in [5.74, 6) is 0.486. The monoisotopic (exact) mass is 458 g/mol.